The van der Waals surface area contributed by atoms with Gasteiger partial charge in [0, 0.05) is 60.2 Å². The maximum atomic E-state index is 14.7. The van der Waals surface area contributed by atoms with E-state index in [1.165, 1.54) is 19.1 Å². The van der Waals surface area contributed by atoms with Gasteiger partial charge in [-0.2, -0.15) is 0 Å². The van der Waals surface area contributed by atoms with Gasteiger partial charge in [-0.3, -0.25) is 33.7 Å². The molecule has 0 unspecified atom stereocenters. The van der Waals surface area contributed by atoms with E-state index in [0.29, 0.717) is 43.4 Å². The molecule has 0 spiro atoms. The van der Waals surface area contributed by atoms with Crippen molar-refractivity contribution in [3.8, 4) is 0 Å². The van der Waals surface area contributed by atoms with Crippen LogP contribution in [0.1, 0.15) is 137 Å². The third-order valence-corrected chi connectivity index (χ3v) is 15.9. The largest absolute Gasteiger partial charge is 0.445 e. The third-order valence-electron chi connectivity index (χ3n) is 15.9. The van der Waals surface area contributed by atoms with Gasteiger partial charge in [-0.15, -0.1) is 0 Å². The Kier molecular flexibility index (Phi) is 28.3. The number of urea groups is 1. The Labute approximate surface area is 475 Å². The molecule has 448 valence electrons. The van der Waals surface area contributed by atoms with Crippen LogP contribution in [0.4, 0.5) is 9.59 Å². The number of nitrogens with one attached hydrogen (secondary N) is 3. The van der Waals surface area contributed by atoms with E-state index in [1.807, 2.05) is 71.9 Å². The standard InChI is InChI=1S/C60H96N8O12/c1-15-38(8)53(48(78-13)33-49(71)68-30-20-24-45(68)55(79-14)40(10)46(69)31-39(9)54(72)43-21-17-16-18-22-43)66(11)58(75)51(36(4)5)65-57(74)52(37(6)7)67(12)60(77)80-34-42-27-25-41(26-28-42)32-47(70)44(23-19-29-63-59(62)76)64-56(73)50(61)35(2)3/h16-18,21-22,25-28,35-40,44-45,48,50-55,72H,15,19-20,23-24,29-34,61H2,1-14H3,(H,64,73)(H,65,74)(H3,62,63,76)/t38-,39-,40-,44-,45-,48+,50-,51-,52-,53-,54+,55+/m0/s1. The molecule has 0 aliphatic carbocycles. The number of ether oxygens (including phenoxy) is 3. The molecule has 8 N–H and O–H groups in total. The quantitative estimate of drug-likeness (QED) is 0.0469. The smallest absolute Gasteiger partial charge is 0.410 e. The molecule has 1 fully saturated rings. The summed E-state index contributed by atoms with van der Waals surface area (Å²) >= 11 is 0. The molecule has 12 atom stereocenters. The second-order valence-corrected chi connectivity index (χ2v) is 22.9. The van der Waals surface area contributed by atoms with Crippen molar-refractivity contribution in [2.24, 2.45) is 47.0 Å². The predicted molar refractivity (Wildman–Crippen MR) is 306 cm³/mol. The van der Waals surface area contributed by atoms with Gasteiger partial charge in [-0.05, 0) is 72.0 Å². The summed E-state index contributed by atoms with van der Waals surface area (Å²) in [6, 6.07) is 10.7. The highest BCUT2D eigenvalue weighted by Crippen LogP contribution is 2.32. The summed E-state index contributed by atoms with van der Waals surface area (Å²) in [4.78, 5) is 113. The van der Waals surface area contributed by atoms with Crippen molar-refractivity contribution in [3.05, 3.63) is 71.3 Å². The van der Waals surface area contributed by atoms with Gasteiger partial charge in [0.1, 0.15) is 24.5 Å². The fourth-order valence-corrected chi connectivity index (χ4v) is 10.7. The number of rotatable bonds is 33. The van der Waals surface area contributed by atoms with E-state index in [2.05, 4.69) is 16.0 Å². The molecule has 1 heterocycles. The number of carbonyl (C=O) groups excluding carboxylic acids is 8. The summed E-state index contributed by atoms with van der Waals surface area (Å²) in [5.41, 5.74) is 13.2. The van der Waals surface area contributed by atoms with Crippen LogP contribution in [0.15, 0.2) is 54.6 Å². The van der Waals surface area contributed by atoms with E-state index in [-0.39, 0.29) is 86.0 Å². The molecule has 1 aliphatic heterocycles. The van der Waals surface area contributed by atoms with Crippen molar-refractivity contribution in [1.82, 2.24) is 30.7 Å². The van der Waals surface area contributed by atoms with E-state index in [0.717, 1.165) is 5.56 Å². The Balaban J connectivity index is 1.70. The molecule has 20 heteroatoms. The number of methoxy groups -OCH3 is 2. The zero-order chi connectivity index (χ0) is 60.1. The molecule has 0 radical (unpaired) electrons. The molecule has 0 saturated carbocycles. The van der Waals surface area contributed by atoms with Crippen LogP contribution in [0.5, 0.6) is 0 Å². The van der Waals surface area contributed by atoms with Crippen molar-refractivity contribution < 1.29 is 57.7 Å². The third kappa shape index (κ3) is 19.6. The lowest BCUT2D eigenvalue weighted by molar-refractivity contribution is -0.148. The van der Waals surface area contributed by atoms with Gasteiger partial charge in [0.2, 0.25) is 23.6 Å². The van der Waals surface area contributed by atoms with Gasteiger partial charge in [-0.1, -0.05) is 130 Å². The molecule has 1 aliphatic rings. The number of carbonyl (C=O) groups is 8. The summed E-state index contributed by atoms with van der Waals surface area (Å²) in [6.07, 6.45) is -0.213. The zero-order valence-electron chi connectivity index (χ0n) is 50.1. The van der Waals surface area contributed by atoms with Crippen LogP contribution in [-0.2, 0) is 56.0 Å². The molecular weight excluding hydrogens is 1020 g/mol. The number of hydrogen-bond acceptors (Lipinski definition) is 13. The van der Waals surface area contributed by atoms with Gasteiger partial charge < -0.3 is 56.5 Å². The minimum Gasteiger partial charge on any atom is -0.445 e. The van der Waals surface area contributed by atoms with Gasteiger partial charge in [0.05, 0.1) is 48.9 Å². The number of aliphatic hydroxyl groups is 1. The molecule has 3 rings (SSSR count). The highest BCUT2D eigenvalue weighted by atomic mass is 16.6. The van der Waals surface area contributed by atoms with E-state index >= 15 is 0 Å². The fraction of sp³-hybridized carbons (Fsp3) is 0.667. The van der Waals surface area contributed by atoms with Gasteiger partial charge in [0.15, 0.2) is 5.78 Å². The first kappa shape index (κ1) is 68.3. The number of benzene rings is 2. The zero-order valence-corrected chi connectivity index (χ0v) is 50.1. The Morgan fingerprint density at radius 3 is 1.94 bits per heavy atom. The SMILES string of the molecule is CC[C@H](C)[C@@H]([C@@H](CC(=O)N1CCC[C@H]1[C@H](OC)[C@@H](C)C(=O)C[C@H](C)[C@@H](O)c1ccccc1)OC)N(C)C(=O)[C@@H](NC(=O)[C@H](C(C)C)N(C)C(=O)OCc1ccc(CC(=O)[C@H](CCCNC(N)=O)NC(=O)[C@@H](N)C(C)C)cc1)C(C)C. The number of likely N-dealkylation sites (tertiary alicyclic amines) is 1. The average Bonchev–Trinajstić information content (AvgIpc) is 3.91. The number of aliphatic hydroxyl groups excluding tert-OH is 1. The molecule has 20 nitrogen and oxygen atoms in total. The molecule has 80 heavy (non-hydrogen) atoms. The van der Waals surface area contributed by atoms with Gasteiger partial charge in [0.25, 0.3) is 0 Å². The van der Waals surface area contributed by atoms with Crippen LogP contribution in [0.3, 0.4) is 0 Å². The van der Waals surface area contributed by atoms with Crippen LogP contribution in [0, 0.1) is 35.5 Å². The Morgan fingerprint density at radius 2 is 1.39 bits per heavy atom. The second-order valence-electron chi connectivity index (χ2n) is 22.9. The highest BCUT2D eigenvalue weighted by Gasteiger charge is 2.44. The van der Waals surface area contributed by atoms with Gasteiger partial charge >= 0.3 is 12.1 Å². The average molecular weight is 1120 g/mol. The lowest BCUT2D eigenvalue weighted by Crippen LogP contribution is -2.60. The van der Waals surface area contributed by atoms with E-state index < -0.39 is 90.2 Å². The van der Waals surface area contributed by atoms with E-state index in [9.17, 15) is 43.5 Å². The normalized spacial score (nSPS) is 17.7. The minimum atomic E-state index is -1.04. The Hall–Kier alpha value is -5.96. The number of Topliss-reactive ketones (excluding diaryl/α,β-unsaturated/α-hetero) is 2. The fourth-order valence-electron chi connectivity index (χ4n) is 10.7. The number of nitrogens with two attached hydrogens (primary N) is 2. The number of primary amides is 1. The summed E-state index contributed by atoms with van der Waals surface area (Å²) < 4.78 is 17.8. The maximum absolute atomic E-state index is 14.7. The summed E-state index contributed by atoms with van der Waals surface area (Å²) in [6.45, 7) is 19.0. The number of nitrogens with zero attached hydrogens (tertiary/aromatic N) is 3. The van der Waals surface area contributed by atoms with Crippen molar-refractivity contribution >= 4 is 47.3 Å². The van der Waals surface area contributed by atoms with Gasteiger partial charge in [-0.25, -0.2) is 9.59 Å². The molecule has 0 aromatic heterocycles. The first-order valence-electron chi connectivity index (χ1n) is 28.5. The van der Waals surface area contributed by atoms with Crippen molar-refractivity contribution in [3.63, 3.8) is 0 Å². The second kappa shape index (κ2) is 33.1. The van der Waals surface area contributed by atoms with Crippen molar-refractivity contribution in [1.29, 1.82) is 0 Å². The summed E-state index contributed by atoms with van der Waals surface area (Å²) in [5, 5.41) is 19.2. The lowest BCUT2D eigenvalue weighted by atomic mass is 9.85. The van der Waals surface area contributed by atoms with Crippen molar-refractivity contribution in [2.75, 3.05) is 41.4 Å². The van der Waals surface area contributed by atoms with E-state index in [4.69, 9.17) is 25.7 Å². The number of amides is 7. The molecular formula is C60H96N8O12. The Bertz CT molecular complexity index is 2320. The van der Waals surface area contributed by atoms with Crippen LogP contribution in [0.2, 0.25) is 0 Å². The number of likely N-dealkylation sites (N-methyl/N-ethyl adjacent to an activating group) is 2. The number of ketones is 2. The monoisotopic (exact) mass is 1120 g/mol. The molecule has 2 aromatic rings. The van der Waals surface area contributed by atoms with Crippen LogP contribution in [-0.4, -0.2) is 157 Å². The Morgan fingerprint density at radius 1 is 0.762 bits per heavy atom. The first-order chi connectivity index (χ1) is 37.7. The van der Waals surface area contributed by atoms with Crippen LogP contribution >= 0.6 is 0 Å². The summed E-state index contributed by atoms with van der Waals surface area (Å²) in [7, 11) is 6.19. The molecule has 2 aromatic carbocycles. The van der Waals surface area contributed by atoms with Crippen LogP contribution < -0.4 is 27.4 Å². The molecule has 0 bridgehead atoms. The maximum Gasteiger partial charge on any atom is 0.410 e. The lowest BCUT2D eigenvalue weighted by Gasteiger charge is -2.41. The predicted octanol–water partition coefficient (Wildman–Crippen LogP) is 5.70. The van der Waals surface area contributed by atoms with E-state index in [1.54, 1.807) is 75.9 Å². The topological polar surface area (TPSA) is 282 Å². The van der Waals surface area contributed by atoms with Crippen molar-refractivity contribution in [2.45, 2.75) is 182 Å². The van der Waals surface area contributed by atoms with Crippen LogP contribution in [0.25, 0.3) is 0 Å². The first-order valence-corrected chi connectivity index (χ1v) is 28.5. The summed E-state index contributed by atoms with van der Waals surface area (Å²) in [5.74, 6) is -3.90. The minimum absolute atomic E-state index is 0.0102. The molecule has 1 saturated heterocycles. The number of hydrogen-bond donors (Lipinski definition) is 6. The molecule has 7 amide bonds. The highest BCUT2D eigenvalue weighted by molar-refractivity contribution is 5.93.